The minimum atomic E-state index is -1.45. The van der Waals surface area contributed by atoms with E-state index in [0.717, 1.165) is 22.3 Å². The number of nitrogens with zero attached hydrogens (tertiary/aromatic N) is 2. The number of nitrogens with one attached hydrogen (secondary N) is 1. The second-order valence-corrected chi connectivity index (χ2v) is 15.7. The van der Waals surface area contributed by atoms with Crippen molar-refractivity contribution < 1.29 is 48.1 Å². The Kier molecular flexibility index (Phi) is 9.53. The van der Waals surface area contributed by atoms with Crippen molar-refractivity contribution in [1.29, 1.82) is 0 Å². The Bertz CT molecular complexity index is 1730. The summed E-state index contributed by atoms with van der Waals surface area (Å²) < 4.78 is 25.0. The largest absolute Gasteiger partial charge is 0.460 e. The summed E-state index contributed by atoms with van der Waals surface area (Å²) in [6.45, 7) is 5.04. The third kappa shape index (κ3) is 6.76. The van der Waals surface area contributed by atoms with Crippen LogP contribution in [0, 0.1) is 5.41 Å². The normalized spacial score (nSPS) is 29.0. The molecule has 2 aliphatic carbocycles. The van der Waals surface area contributed by atoms with Gasteiger partial charge in [0, 0.05) is 45.9 Å². The number of aliphatic hydroxyl groups excluding tert-OH is 1. The van der Waals surface area contributed by atoms with Crippen LogP contribution in [-0.2, 0) is 62.3 Å². The minimum absolute atomic E-state index is 0.0187. The first-order chi connectivity index (χ1) is 24.7. The highest BCUT2D eigenvalue weighted by Crippen LogP contribution is 2.58. The molecule has 52 heavy (non-hydrogen) atoms. The molecule has 0 aromatic heterocycles. The molecule has 7 unspecified atom stereocenters. The molecule has 4 fully saturated rings. The van der Waals surface area contributed by atoms with E-state index in [9.17, 15) is 24.3 Å². The fraction of sp³-hybridized carbons (Fsp3) is 0.538. The van der Waals surface area contributed by atoms with Crippen LogP contribution in [0.15, 0.2) is 54.6 Å². The van der Waals surface area contributed by atoms with E-state index in [4.69, 9.17) is 23.8 Å². The maximum absolute atomic E-state index is 14.7. The van der Waals surface area contributed by atoms with Crippen molar-refractivity contribution in [1.82, 2.24) is 15.3 Å². The highest BCUT2D eigenvalue weighted by molar-refractivity contribution is 5.94. The topological polar surface area (TPSA) is 153 Å². The second kappa shape index (κ2) is 13.7. The number of hydrogen-bond donors (Lipinski definition) is 2. The molecule has 13 nitrogen and oxygen atoms in total. The fourth-order valence-electron chi connectivity index (χ4n) is 8.20. The molecule has 1 spiro atoms. The Morgan fingerprint density at radius 2 is 1.73 bits per heavy atom. The van der Waals surface area contributed by atoms with Gasteiger partial charge >= 0.3 is 11.9 Å². The van der Waals surface area contributed by atoms with Crippen molar-refractivity contribution in [3.63, 3.8) is 0 Å². The lowest BCUT2D eigenvalue weighted by Gasteiger charge is -2.49. The molecule has 5 aliphatic rings. The van der Waals surface area contributed by atoms with E-state index in [1.165, 1.54) is 16.0 Å². The maximum atomic E-state index is 14.7. The van der Waals surface area contributed by atoms with E-state index in [1.807, 2.05) is 48.5 Å². The standard InChI is InChI=1S/C39H47N3O10/c1-37(2,3)49-30(45)17-15-27(22-43)40-36(47)39-20-28-31-32(51-38(50-31)18-25-8-6-7-9-26(25)19-38)34(39)52-42(33(39)35(46)48-28)21-24-12-10-23(11-13-24)14-16-29(44)41(4)5/h6-14,16,27-28,31-34,43H,15,17-22H2,1-5H3,(H,40,47). The van der Waals surface area contributed by atoms with Gasteiger partial charge < -0.3 is 34.3 Å². The second-order valence-electron chi connectivity index (χ2n) is 15.7. The van der Waals surface area contributed by atoms with Crippen LogP contribution in [-0.4, -0.2) is 107 Å². The van der Waals surface area contributed by atoms with Gasteiger partial charge in [-0.2, -0.15) is 5.06 Å². The Labute approximate surface area is 303 Å². The van der Waals surface area contributed by atoms with Crippen molar-refractivity contribution >= 4 is 29.8 Å². The van der Waals surface area contributed by atoms with Crippen LogP contribution in [0.5, 0.6) is 0 Å². The molecule has 7 atom stereocenters. The van der Waals surface area contributed by atoms with Gasteiger partial charge in [0.1, 0.15) is 35.4 Å². The van der Waals surface area contributed by atoms with E-state index in [-0.39, 0.29) is 31.7 Å². The lowest BCUT2D eigenvalue weighted by atomic mass is 9.62. The zero-order valence-electron chi connectivity index (χ0n) is 30.2. The van der Waals surface area contributed by atoms with Gasteiger partial charge in [0.15, 0.2) is 11.8 Å². The number of likely N-dealkylation sites (N-methyl/N-ethyl adjacent to an activating group) is 1. The first-order valence-electron chi connectivity index (χ1n) is 17.9. The number of esters is 2. The van der Waals surface area contributed by atoms with Crippen LogP contribution in [0.2, 0.25) is 0 Å². The average molecular weight is 718 g/mol. The molecule has 3 aliphatic heterocycles. The van der Waals surface area contributed by atoms with Crippen LogP contribution >= 0.6 is 0 Å². The van der Waals surface area contributed by atoms with Gasteiger partial charge in [0.05, 0.1) is 19.2 Å². The third-order valence-corrected chi connectivity index (χ3v) is 10.6. The molecule has 0 radical (unpaired) electrons. The summed E-state index contributed by atoms with van der Waals surface area (Å²) in [5.41, 5.74) is 1.72. The number of carbonyl (C=O) groups excluding carboxylic acids is 4. The number of aliphatic hydroxyl groups is 1. The zero-order chi connectivity index (χ0) is 37.0. The highest BCUT2D eigenvalue weighted by Gasteiger charge is 2.76. The summed E-state index contributed by atoms with van der Waals surface area (Å²) in [6, 6.07) is 13.6. The van der Waals surface area contributed by atoms with Crippen molar-refractivity contribution in [2.75, 3.05) is 20.7 Å². The number of rotatable bonds is 10. The Morgan fingerprint density at radius 1 is 1.06 bits per heavy atom. The lowest BCUT2D eigenvalue weighted by Crippen LogP contribution is -2.70. The molecular weight excluding hydrogens is 670 g/mol. The fourth-order valence-corrected chi connectivity index (χ4v) is 8.20. The molecule has 278 valence electrons. The summed E-state index contributed by atoms with van der Waals surface area (Å²) in [5, 5.41) is 14.8. The van der Waals surface area contributed by atoms with Crippen molar-refractivity contribution in [3.05, 3.63) is 76.9 Å². The van der Waals surface area contributed by atoms with Crippen molar-refractivity contribution in [3.8, 4) is 0 Å². The molecule has 3 saturated heterocycles. The van der Waals surface area contributed by atoms with Gasteiger partial charge in [-0.25, -0.2) is 0 Å². The van der Waals surface area contributed by atoms with Crippen LogP contribution in [0.1, 0.15) is 62.3 Å². The molecule has 2 N–H and O–H groups in total. The Hall–Kier alpha value is -4.14. The molecule has 7 rings (SSSR count). The third-order valence-electron chi connectivity index (χ3n) is 10.6. The van der Waals surface area contributed by atoms with E-state index in [1.54, 1.807) is 40.9 Å². The molecule has 2 bridgehead atoms. The monoisotopic (exact) mass is 717 g/mol. The molecular formula is C39H47N3O10. The van der Waals surface area contributed by atoms with Crippen LogP contribution in [0.4, 0.5) is 0 Å². The predicted molar refractivity (Wildman–Crippen MR) is 186 cm³/mol. The average Bonchev–Trinajstić information content (AvgIpc) is 3.76. The molecule has 3 heterocycles. The summed E-state index contributed by atoms with van der Waals surface area (Å²) >= 11 is 0. The molecule has 1 saturated carbocycles. The van der Waals surface area contributed by atoms with E-state index < -0.39 is 77.8 Å². The molecule has 2 aromatic carbocycles. The van der Waals surface area contributed by atoms with Crippen LogP contribution < -0.4 is 5.32 Å². The number of hydroxylamine groups is 2. The molecule has 2 amide bonds. The van der Waals surface area contributed by atoms with E-state index in [0.29, 0.717) is 12.8 Å². The van der Waals surface area contributed by atoms with Crippen molar-refractivity contribution in [2.45, 2.75) is 107 Å². The van der Waals surface area contributed by atoms with Gasteiger partial charge in [-0.05, 0) is 55.5 Å². The van der Waals surface area contributed by atoms with Gasteiger partial charge in [-0.1, -0.05) is 48.5 Å². The minimum Gasteiger partial charge on any atom is -0.460 e. The Morgan fingerprint density at radius 3 is 2.37 bits per heavy atom. The SMILES string of the molecule is CN(C)C(=O)C=Cc1ccc(CN2OC3C4OC5(Cc6ccccc6C5)OC4C4CC3(C(=O)NC(CO)CCC(=O)OC(C)(C)C)C2C(=O)O4)cc1. The number of carbonyl (C=O) groups is 4. The number of amides is 2. The summed E-state index contributed by atoms with van der Waals surface area (Å²) in [6.07, 6.45) is 1.37. The predicted octanol–water partition coefficient (Wildman–Crippen LogP) is 2.47. The zero-order valence-corrected chi connectivity index (χ0v) is 30.2. The van der Waals surface area contributed by atoms with Crippen LogP contribution in [0.3, 0.4) is 0 Å². The first-order valence-corrected chi connectivity index (χ1v) is 17.9. The van der Waals surface area contributed by atoms with Gasteiger partial charge in [0.2, 0.25) is 11.8 Å². The highest BCUT2D eigenvalue weighted by atomic mass is 16.8. The Balaban J connectivity index is 1.17. The van der Waals surface area contributed by atoms with E-state index >= 15 is 0 Å². The summed E-state index contributed by atoms with van der Waals surface area (Å²) in [4.78, 5) is 61.4. The van der Waals surface area contributed by atoms with Gasteiger partial charge in [0.25, 0.3) is 0 Å². The van der Waals surface area contributed by atoms with Gasteiger partial charge in [-0.3, -0.25) is 24.0 Å². The quantitative estimate of drug-likeness (QED) is 0.276. The number of hydrogen-bond acceptors (Lipinski definition) is 11. The van der Waals surface area contributed by atoms with Crippen LogP contribution in [0.25, 0.3) is 6.08 Å². The van der Waals surface area contributed by atoms with E-state index in [2.05, 4.69) is 5.32 Å². The lowest BCUT2D eigenvalue weighted by molar-refractivity contribution is -0.217. The number of benzene rings is 2. The van der Waals surface area contributed by atoms with Crippen molar-refractivity contribution in [2.24, 2.45) is 5.41 Å². The smallest absolute Gasteiger partial charge is 0.327 e. The van der Waals surface area contributed by atoms with Gasteiger partial charge in [-0.15, -0.1) is 0 Å². The summed E-state index contributed by atoms with van der Waals surface area (Å²) in [7, 11) is 3.36. The maximum Gasteiger partial charge on any atom is 0.327 e. The number of fused-ring (bicyclic) bond motifs is 5. The number of ether oxygens (including phenoxy) is 4. The molecule has 2 aromatic rings. The molecule has 13 heteroatoms. The summed E-state index contributed by atoms with van der Waals surface area (Å²) in [5.74, 6) is -2.67. The first kappa shape index (κ1) is 36.2.